The number of aryl methyl sites for hydroxylation is 1. The van der Waals surface area contributed by atoms with Gasteiger partial charge < -0.3 is 10.2 Å². The molecule has 6 heteroatoms. The summed E-state index contributed by atoms with van der Waals surface area (Å²) >= 11 is 0. The Morgan fingerprint density at radius 1 is 1.56 bits per heavy atom. The molecule has 0 fully saturated rings. The van der Waals surface area contributed by atoms with E-state index in [2.05, 4.69) is 17.2 Å². The molecule has 2 atom stereocenters. The standard InChI is InChI=1S/C12H21N3O3/c1-4-5-6-7-10-8-15(14-13-10)12(3,18)9(2)11(16)17/h8-9,18H,4-7H2,1-3H3,(H,16,17). The Labute approximate surface area is 107 Å². The molecular formula is C12H21N3O3. The largest absolute Gasteiger partial charge is 0.481 e. The quantitative estimate of drug-likeness (QED) is 0.719. The van der Waals surface area contributed by atoms with Crippen LogP contribution in [0.5, 0.6) is 0 Å². The molecule has 6 nitrogen and oxygen atoms in total. The minimum Gasteiger partial charge on any atom is -0.481 e. The maximum atomic E-state index is 10.9. The lowest BCUT2D eigenvalue weighted by molar-refractivity contribution is -0.159. The number of aliphatic carboxylic acids is 1. The average Bonchev–Trinajstić information content (AvgIpc) is 2.77. The Kier molecular flexibility index (Phi) is 4.84. The first kappa shape index (κ1) is 14.6. The van der Waals surface area contributed by atoms with Gasteiger partial charge in [0.05, 0.1) is 11.9 Å². The second-order valence-corrected chi connectivity index (χ2v) is 4.77. The van der Waals surface area contributed by atoms with Gasteiger partial charge in [-0.2, -0.15) is 0 Å². The van der Waals surface area contributed by atoms with Gasteiger partial charge in [-0.1, -0.05) is 25.0 Å². The summed E-state index contributed by atoms with van der Waals surface area (Å²) in [5, 5.41) is 26.9. The number of nitrogens with zero attached hydrogens (tertiary/aromatic N) is 3. The van der Waals surface area contributed by atoms with Crippen LogP contribution in [-0.4, -0.2) is 31.2 Å². The maximum Gasteiger partial charge on any atom is 0.311 e. The number of aliphatic hydroxyl groups is 1. The van der Waals surface area contributed by atoms with E-state index in [1.807, 2.05) is 0 Å². The third kappa shape index (κ3) is 3.29. The van der Waals surface area contributed by atoms with Gasteiger partial charge in [0.2, 0.25) is 0 Å². The van der Waals surface area contributed by atoms with Crippen molar-refractivity contribution in [1.82, 2.24) is 15.0 Å². The van der Waals surface area contributed by atoms with Crippen molar-refractivity contribution in [3.05, 3.63) is 11.9 Å². The van der Waals surface area contributed by atoms with E-state index in [0.29, 0.717) is 0 Å². The number of rotatable bonds is 7. The molecule has 1 heterocycles. The molecule has 0 aromatic carbocycles. The van der Waals surface area contributed by atoms with Crippen LogP contribution in [0.15, 0.2) is 6.20 Å². The monoisotopic (exact) mass is 255 g/mol. The van der Waals surface area contributed by atoms with Crippen LogP contribution in [0.4, 0.5) is 0 Å². The van der Waals surface area contributed by atoms with Crippen molar-refractivity contribution in [2.24, 2.45) is 5.92 Å². The molecule has 1 rings (SSSR count). The van der Waals surface area contributed by atoms with Crippen molar-refractivity contribution in [1.29, 1.82) is 0 Å². The molecule has 1 aromatic rings. The van der Waals surface area contributed by atoms with Crippen LogP contribution in [0.3, 0.4) is 0 Å². The van der Waals surface area contributed by atoms with Crippen molar-refractivity contribution in [3.63, 3.8) is 0 Å². The first-order valence-electron chi connectivity index (χ1n) is 6.26. The second-order valence-electron chi connectivity index (χ2n) is 4.77. The van der Waals surface area contributed by atoms with Crippen LogP contribution in [0.1, 0.15) is 45.7 Å². The summed E-state index contributed by atoms with van der Waals surface area (Å²) < 4.78 is 1.23. The summed E-state index contributed by atoms with van der Waals surface area (Å²) in [5.74, 6) is -2.02. The zero-order valence-corrected chi connectivity index (χ0v) is 11.1. The summed E-state index contributed by atoms with van der Waals surface area (Å²) in [6.45, 7) is 4.99. The van der Waals surface area contributed by atoms with Gasteiger partial charge in [-0.05, 0) is 26.7 Å². The van der Waals surface area contributed by atoms with E-state index < -0.39 is 17.6 Å². The normalized spacial score (nSPS) is 16.2. The molecule has 2 unspecified atom stereocenters. The van der Waals surface area contributed by atoms with Gasteiger partial charge in [-0.25, -0.2) is 4.68 Å². The average molecular weight is 255 g/mol. The highest BCUT2D eigenvalue weighted by atomic mass is 16.4. The van der Waals surface area contributed by atoms with Gasteiger partial charge in [-0.3, -0.25) is 4.79 Å². The number of carboxylic acids is 1. The molecule has 0 bridgehead atoms. The van der Waals surface area contributed by atoms with E-state index in [1.54, 1.807) is 6.20 Å². The predicted octanol–water partition coefficient (Wildman–Crippen LogP) is 1.40. The van der Waals surface area contributed by atoms with E-state index in [0.717, 1.165) is 31.4 Å². The van der Waals surface area contributed by atoms with Crippen molar-refractivity contribution >= 4 is 5.97 Å². The van der Waals surface area contributed by atoms with Gasteiger partial charge in [0.15, 0.2) is 5.72 Å². The molecule has 0 saturated carbocycles. The summed E-state index contributed by atoms with van der Waals surface area (Å²) in [4.78, 5) is 10.9. The highest BCUT2D eigenvalue weighted by Gasteiger charge is 2.36. The van der Waals surface area contributed by atoms with E-state index in [4.69, 9.17) is 5.11 Å². The fourth-order valence-electron chi connectivity index (χ4n) is 1.62. The molecule has 2 N–H and O–H groups in total. The summed E-state index contributed by atoms with van der Waals surface area (Å²) in [7, 11) is 0. The first-order chi connectivity index (χ1) is 8.39. The Morgan fingerprint density at radius 3 is 2.78 bits per heavy atom. The Balaban J connectivity index is 2.75. The van der Waals surface area contributed by atoms with Crippen molar-refractivity contribution in [2.75, 3.05) is 0 Å². The topological polar surface area (TPSA) is 88.2 Å². The molecule has 0 radical (unpaired) electrons. The van der Waals surface area contributed by atoms with E-state index in [9.17, 15) is 9.90 Å². The molecular weight excluding hydrogens is 234 g/mol. The molecule has 0 aliphatic heterocycles. The minimum absolute atomic E-state index is 0.779. The third-order valence-electron chi connectivity index (χ3n) is 3.23. The van der Waals surface area contributed by atoms with Gasteiger partial charge in [0.1, 0.15) is 5.92 Å². The molecule has 18 heavy (non-hydrogen) atoms. The zero-order chi connectivity index (χ0) is 13.8. The maximum absolute atomic E-state index is 10.9. The number of carboxylic acid groups (broad SMARTS) is 1. The number of hydrogen-bond acceptors (Lipinski definition) is 4. The van der Waals surface area contributed by atoms with Crippen molar-refractivity contribution in [3.8, 4) is 0 Å². The van der Waals surface area contributed by atoms with Crippen LogP contribution in [0.2, 0.25) is 0 Å². The molecule has 1 aromatic heterocycles. The van der Waals surface area contributed by atoms with E-state index in [1.165, 1.54) is 18.5 Å². The molecule has 102 valence electrons. The number of unbranched alkanes of at least 4 members (excludes halogenated alkanes) is 2. The number of aromatic nitrogens is 3. The molecule has 0 aliphatic rings. The number of carbonyl (C=O) groups is 1. The summed E-state index contributed by atoms with van der Waals surface area (Å²) in [5.41, 5.74) is -0.789. The molecule has 0 amide bonds. The fourth-order valence-corrected chi connectivity index (χ4v) is 1.62. The first-order valence-corrected chi connectivity index (χ1v) is 6.26. The molecule has 0 saturated heterocycles. The van der Waals surface area contributed by atoms with Crippen LogP contribution in [0, 0.1) is 5.92 Å². The summed E-state index contributed by atoms with van der Waals surface area (Å²) in [6.07, 6.45) is 5.68. The van der Waals surface area contributed by atoms with Gasteiger partial charge in [0, 0.05) is 0 Å². The summed E-state index contributed by atoms with van der Waals surface area (Å²) in [6, 6.07) is 0. The highest BCUT2D eigenvalue weighted by Crippen LogP contribution is 2.22. The Hall–Kier alpha value is -1.43. The smallest absolute Gasteiger partial charge is 0.311 e. The Bertz CT molecular complexity index is 401. The van der Waals surface area contributed by atoms with Crippen molar-refractivity contribution in [2.45, 2.75) is 52.2 Å². The molecule has 0 spiro atoms. The number of hydrogen-bond donors (Lipinski definition) is 2. The van der Waals surface area contributed by atoms with Gasteiger partial charge in [0.25, 0.3) is 0 Å². The lowest BCUT2D eigenvalue weighted by Crippen LogP contribution is -2.41. The minimum atomic E-state index is -1.57. The third-order valence-corrected chi connectivity index (χ3v) is 3.23. The van der Waals surface area contributed by atoms with Gasteiger partial charge >= 0.3 is 5.97 Å². The second kappa shape index (κ2) is 5.95. The van der Waals surface area contributed by atoms with Crippen LogP contribution in [0.25, 0.3) is 0 Å². The Morgan fingerprint density at radius 2 is 2.22 bits per heavy atom. The zero-order valence-electron chi connectivity index (χ0n) is 11.1. The predicted molar refractivity (Wildman–Crippen MR) is 65.9 cm³/mol. The van der Waals surface area contributed by atoms with Crippen LogP contribution < -0.4 is 0 Å². The van der Waals surface area contributed by atoms with Crippen molar-refractivity contribution < 1.29 is 15.0 Å². The van der Waals surface area contributed by atoms with Crippen LogP contribution >= 0.6 is 0 Å². The van der Waals surface area contributed by atoms with E-state index in [-0.39, 0.29) is 0 Å². The SMILES string of the molecule is CCCCCc1cn(C(C)(O)C(C)C(=O)O)nn1. The van der Waals surface area contributed by atoms with E-state index >= 15 is 0 Å². The lowest BCUT2D eigenvalue weighted by Gasteiger charge is -2.26. The fraction of sp³-hybridized carbons (Fsp3) is 0.750. The molecule has 0 aliphatic carbocycles. The van der Waals surface area contributed by atoms with Gasteiger partial charge in [-0.15, -0.1) is 5.10 Å². The highest BCUT2D eigenvalue weighted by molar-refractivity contribution is 5.70. The van der Waals surface area contributed by atoms with Crippen LogP contribution in [-0.2, 0) is 16.9 Å². The lowest BCUT2D eigenvalue weighted by atomic mass is 10.00.